The zero-order chi connectivity index (χ0) is 33.9. The topological polar surface area (TPSA) is 63.6 Å². The lowest BCUT2D eigenvalue weighted by atomic mass is 9.46. The van der Waals surface area contributed by atoms with E-state index in [9.17, 15) is 5.11 Å². The van der Waals surface area contributed by atoms with Crippen molar-refractivity contribution in [3.8, 4) is 0 Å². The quantitative estimate of drug-likeness (QED) is 0.322. The molecule has 0 aromatic rings. The maximum atomic E-state index is 11.0. The molecule has 13 atom stereocenters. The second-order valence-corrected chi connectivity index (χ2v) is 19.6. The van der Waals surface area contributed by atoms with Crippen LogP contribution in [0.2, 0.25) is 0 Å². The van der Waals surface area contributed by atoms with E-state index >= 15 is 0 Å². The predicted molar refractivity (Wildman–Crippen MR) is 189 cm³/mol. The molecule has 0 aromatic heterocycles. The van der Waals surface area contributed by atoms with Crippen LogP contribution in [0.1, 0.15) is 119 Å². The number of aliphatic hydroxyl groups is 1. The van der Waals surface area contributed by atoms with Gasteiger partial charge in [-0.3, -0.25) is 4.90 Å². The number of piperidine rings is 1. The van der Waals surface area contributed by atoms with Gasteiger partial charge in [-0.25, -0.2) is 0 Å². The molecule has 274 valence electrons. The molecular weight excluding hydrogens is 600 g/mol. The van der Waals surface area contributed by atoms with E-state index in [0.717, 1.165) is 49.8 Å². The molecule has 5 aliphatic carbocycles. The second-order valence-electron chi connectivity index (χ2n) is 19.6. The van der Waals surface area contributed by atoms with E-state index in [2.05, 4.69) is 44.5 Å². The number of morpholine rings is 1. The van der Waals surface area contributed by atoms with E-state index in [1.165, 1.54) is 77.3 Å². The SMILES string of the molecule is CCOC(C1CCC2C(CC3C4CCC5C(C)(C)C(OC6CN(C7CCN(C)CC7)CCO6)CCC56[C@@H](C)C46CCC23C)O1)C(C)(C)O. The Balaban J connectivity index is 0.964. The Morgan fingerprint density at radius 2 is 1.65 bits per heavy atom. The fourth-order valence-electron chi connectivity index (χ4n) is 15.0. The van der Waals surface area contributed by atoms with Crippen LogP contribution in [-0.4, -0.2) is 104 Å². The van der Waals surface area contributed by atoms with Crippen LogP contribution in [0.25, 0.3) is 0 Å². The Hall–Kier alpha value is -0.280. The fraction of sp³-hybridized carbons (Fsp3) is 1.00. The van der Waals surface area contributed by atoms with Crippen LogP contribution < -0.4 is 0 Å². The number of hydrogen-bond acceptors (Lipinski definition) is 7. The van der Waals surface area contributed by atoms with Crippen molar-refractivity contribution in [1.82, 2.24) is 9.80 Å². The molecule has 0 aromatic carbocycles. The first kappa shape index (κ1) is 34.8. The molecule has 8 aliphatic rings. The van der Waals surface area contributed by atoms with E-state index in [1.54, 1.807) is 0 Å². The van der Waals surface area contributed by atoms with Crippen molar-refractivity contribution in [2.45, 2.75) is 161 Å². The van der Waals surface area contributed by atoms with Crippen LogP contribution in [0.3, 0.4) is 0 Å². The molecule has 3 saturated heterocycles. The number of rotatable bonds is 7. The maximum Gasteiger partial charge on any atom is 0.170 e. The molecule has 0 radical (unpaired) electrons. The van der Waals surface area contributed by atoms with Gasteiger partial charge in [-0.2, -0.15) is 0 Å². The average Bonchev–Trinajstić information content (AvgIpc) is 3.43. The summed E-state index contributed by atoms with van der Waals surface area (Å²) in [6.45, 7) is 22.1. The standard InChI is InChI=1S/C41H70N2O5/c1-9-45-36(38(5,6)44)31-12-10-29-32(47-31)24-30-28-11-13-33-37(3,4)34(14-17-41(33)26(2)40(28,41)19-18-39(29,30)7)48-35-25-43(22-23-46-35)27-15-20-42(8)21-16-27/h26-36,44H,9-25H2,1-8H3/t26-,28?,29?,30?,31?,32?,33?,34?,35?,36?,39?,40?,41?/m0/s1. The van der Waals surface area contributed by atoms with Gasteiger partial charge in [0.1, 0.15) is 6.10 Å². The highest BCUT2D eigenvalue weighted by molar-refractivity contribution is 5.32. The van der Waals surface area contributed by atoms with Crippen molar-refractivity contribution in [2.24, 2.45) is 51.2 Å². The number of fused-ring (bicyclic) bond motifs is 4. The van der Waals surface area contributed by atoms with Crippen LogP contribution in [0.4, 0.5) is 0 Å². The molecule has 48 heavy (non-hydrogen) atoms. The Bertz CT molecular complexity index is 1180. The highest BCUT2D eigenvalue weighted by atomic mass is 16.7. The minimum absolute atomic E-state index is 0.00786. The molecule has 5 saturated carbocycles. The van der Waals surface area contributed by atoms with E-state index < -0.39 is 5.60 Å². The summed E-state index contributed by atoms with van der Waals surface area (Å²) in [6.07, 6.45) is 14.3. The largest absolute Gasteiger partial charge is 0.388 e. The smallest absolute Gasteiger partial charge is 0.170 e. The van der Waals surface area contributed by atoms with Crippen LogP contribution in [0, 0.1) is 51.2 Å². The molecule has 3 aliphatic heterocycles. The highest BCUT2D eigenvalue weighted by Gasteiger charge is 2.84. The molecule has 8 fully saturated rings. The summed E-state index contributed by atoms with van der Waals surface area (Å²) < 4.78 is 26.6. The lowest BCUT2D eigenvalue weighted by Crippen LogP contribution is -2.57. The molecule has 12 unspecified atom stereocenters. The van der Waals surface area contributed by atoms with Gasteiger partial charge in [0.05, 0.1) is 30.5 Å². The molecule has 0 bridgehead atoms. The Morgan fingerprint density at radius 1 is 0.896 bits per heavy atom. The van der Waals surface area contributed by atoms with Crippen molar-refractivity contribution in [2.75, 3.05) is 46.4 Å². The van der Waals surface area contributed by atoms with Crippen molar-refractivity contribution in [3.05, 3.63) is 0 Å². The van der Waals surface area contributed by atoms with Gasteiger partial charge in [-0.1, -0.05) is 27.7 Å². The highest BCUT2D eigenvalue weighted by Crippen LogP contribution is 2.89. The van der Waals surface area contributed by atoms with Gasteiger partial charge in [0, 0.05) is 25.7 Å². The summed E-state index contributed by atoms with van der Waals surface area (Å²) in [5, 5.41) is 11.0. The van der Waals surface area contributed by atoms with Crippen LogP contribution in [0.5, 0.6) is 0 Å². The predicted octanol–water partition coefficient (Wildman–Crippen LogP) is 6.75. The van der Waals surface area contributed by atoms with E-state index in [-0.39, 0.29) is 30.0 Å². The van der Waals surface area contributed by atoms with E-state index in [0.29, 0.717) is 40.9 Å². The third-order valence-electron chi connectivity index (χ3n) is 17.2. The van der Waals surface area contributed by atoms with Crippen LogP contribution in [-0.2, 0) is 18.9 Å². The van der Waals surface area contributed by atoms with Gasteiger partial charge < -0.3 is 29.0 Å². The molecule has 0 amide bonds. The number of nitrogens with zero attached hydrogens (tertiary/aromatic N) is 2. The monoisotopic (exact) mass is 671 g/mol. The zero-order valence-electron chi connectivity index (χ0n) is 31.8. The first-order chi connectivity index (χ1) is 22.8. The fourth-order valence-corrected chi connectivity index (χ4v) is 15.0. The van der Waals surface area contributed by atoms with Gasteiger partial charge in [0.15, 0.2) is 6.29 Å². The summed E-state index contributed by atoms with van der Waals surface area (Å²) in [5.41, 5.74) is 0.623. The minimum Gasteiger partial charge on any atom is -0.388 e. The molecule has 3 heterocycles. The zero-order valence-corrected chi connectivity index (χ0v) is 31.8. The third kappa shape index (κ3) is 5.04. The number of likely N-dealkylation sites (tertiary alicyclic amines) is 1. The average molecular weight is 671 g/mol. The van der Waals surface area contributed by atoms with Gasteiger partial charge in [-0.15, -0.1) is 0 Å². The van der Waals surface area contributed by atoms with Crippen molar-refractivity contribution < 1.29 is 24.1 Å². The summed E-state index contributed by atoms with van der Waals surface area (Å²) >= 11 is 0. The van der Waals surface area contributed by atoms with Gasteiger partial charge in [-0.05, 0) is 163 Å². The van der Waals surface area contributed by atoms with E-state index in [4.69, 9.17) is 18.9 Å². The second kappa shape index (κ2) is 12.1. The number of ether oxygens (including phenoxy) is 4. The van der Waals surface area contributed by atoms with Crippen molar-refractivity contribution in [1.29, 1.82) is 0 Å². The van der Waals surface area contributed by atoms with Crippen LogP contribution in [0.15, 0.2) is 0 Å². The molecule has 2 spiro atoms. The first-order valence-electron chi connectivity index (χ1n) is 20.5. The normalized spacial score (nSPS) is 50.1. The van der Waals surface area contributed by atoms with Gasteiger partial charge in [0.2, 0.25) is 0 Å². The third-order valence-corrected chi connectivity index (χ3v) is 17.2. The summed E-state index contributed by atoms with van der Waals surface area (Å²) in [4.78, 5) is 5.16. The lowest BCUT2D eigenvalue weighted by Gasteiger charge is -2.60. The first-order valence-corrected chi connectivity index (χ1v) is 20.5. The Labute approximate surface area is 292 Å². The van der Waals surface area contributed by atoms with E-state index in [1.807, 2.05) is 20.8 Å². The Kier molecular flexibility index (Phi) is 8.79. The maximum absolute atomic E-state index is 11.0. The van der Waals surface area contributed by atoms with Crippen molar-refractivity contribution >= 4 is 0 Å². The van der Waals surface area contributed by atoms with Gasteiger partial charge in [0.25, 0.3) is 0 Å². The summed E-state index contributed by atoms with van der Waals surface area (Å²) in [5.74, 6) is 3.77. The molecular formula is C41H70N2O5. The van der Waals surface area contributed by atoms with Gasteiger partial charge >= 0.3 is 0 Å². The molecule has 1 N–H and O–H groups in total. The van der Waals surface area contributed by atoms with Crippen LogP contribution >= 0.6 is 0 Å². The minimum atomic E-state index is -0.897. The summed E-state index contributed by atoms with van der Waals surface area (Å²) in [6, 6.07) is 0.682. The molecule has 7 heteroatoms. The Morgan fingerprint density at radius 3 is 2.38 bits per heavy atom. The molecule has 8 rings (SSSR count). The molecule has 7 nitrogen and oxygen atoms in total. The summed E-state index contributed by atoms with van der Waals surface area (Å²) in [7, 11) is 2.26. The number of hydrogen-bond donors (Lipinski definition) is 1. The van der Waals surface area contributed by atoms with Crippen molar-refractivity contribution in [3.63, 3.8) is 0 Å². The lowest BCUT2D eigenvalue weighted by molar-refractivity contribution is -0.248.